The van der Waals surface area contributed by atoms with E-state index in [0.29, 0.717) is 0 Å². The van der Waals surface area contributed by atoms with Crippen LogP contribution in [0.5, 0.6) is 0 Å². The van der Waals surface area contributed by atoms with Crippen molar-refractivity contribution in [1.29, 1.82) is 10.5 Å². The molecule has 84 valence electrons. The van der Waals surface area contributed by atoms with Gasteiger partial charge in [-0.25, -0.2) is 4.79 Å². The number of carbonyl (C=O) groups excluding carboxylic acids is 1. The second-order valence-corrected chi connectivity index (χ2v) is 2.81. The van der Waals surface area contributed by atoms with E-state index in [4.69, 9.17) is 15.6 Å². The molecule has 0 saturated carbocycles. The third-order valence-corrected chi connectivity index (χ3v) is 1.67. The molecule has 6 nitrogen and oxygen atoms in total. The van der Waals surface area contributed by atoms with E-state index in [-0.39, 0.29) is 25.9 Å². The Kier molecular flexibility index (Phi) is 6.84. The molecule has 0 atom stereocenters. The lowest BCUT2D eigenvalue weighted by Gasteiger charge is -2.17. The second kappa shape index (κ2) is 8.01. The van der Waals surface area contributed by atoms with Gasteiger partial charge >= 0.3 is 5.97 Å². The summed E-state index contributed by atoms with van der Waals surface area (Å²) in [7, 11) is 0. The zero-order valence-electron chi connectivity index (χ0n) is 8.59. The molecular formula is C10H11N3O3. The van der Waals surface area contributed by atoms with Crippen LogP contribution in [0.15, 0.2) is 12.2 Å². The summed E-state index contributed by atoms with van der Waals surface area (Å²) in [6.07, 6.45) is 1.95. The van der Waals surface area contributed by atoms with Crippen molar-refractivity contribution in [1.82, 2.24) is 4.90 Å². The Bertz CT molecular complexity index is 344. The summed E-state index contributed by atoms with van der Waals surface area (Å²) in [5.41, 5.74) is 0. The van der Waals surface area contributed by atoms with Crippen molar-refractivity contribution in [3.8, 4) is 12.1 Å². The van der Waals surface area contributed by atoms with Gasteiger partial charge in [0.05, 0.1) is 25.0 Å². The molecule has 0 rings (SSSR count). The zero-order chi connectivity index (χ0) is 12.4. The number of hydrogen-bond acceptors (Lipinski definition) is 4. The van der Waals surface area contributed by atoms with E-state index in [0.717, 1.165) is 12.2 Å². The first-order valence-corrected chi connectivity index (χ1v) is 4.55. The maximum absolute atomic E-state index is 11.4. The summed E-state index contributed by atoms with van der Waals surface area (Å²) in [5.74, 6) is -1.72. The van der Waals surface area contributed by atoms with Gasteiger partial charge in [0.25, 0.3) is 0 Å². The quantitative estimate of drug-likeness (QED) is 0.648. The normalized spacial score (nSPS) is 9.38. The lowest BCUT2D eigenvalue weighted by atomic mass is 10.3. The van der Waals surface area contributed by atoms with Crippen LogP contribution in [0, 0.1) is 22.7 Å². The molecule has 0 aromatic heterocycles. The van der Waals surface area contributed by atoms with Crippen molar-refractivity contribution in [2.75, 3.05) is 13.1 Å². The van der Waals surface area contributed by atoms with Gasteiger partial charge in [0.1, 0.15) is 0 Å². The van der Waals surface area contributed by atoms with Crippen molar-refractivity contribution in [2.24, 2.45) is 0 Å². The topological polar surface area (TPSA) is 105 Å². The van der Waals surface area contributed by atoms with Crippen molar-refractivity contribution < 1.29 is 14.7 Å². The Morgan fingerprint density at radius 2 is 1.62 bits per heavy atom. The van der Waals surface area contributed by atoms with Gasteiger partial charge in [-0.05, 0) is 0 Å². The molecule has 1 amide bonds. The van der Waals surface area contributed by atoms with E-state index in [1.807, 2.05) is 12.1 Å². The number of carboxylic acid groups (broad SMARTS) is 1. The minimum absolute atomic E-state index is 0.151. The molecule has 0 radical (unpaired) electrons. The zero-order valence-corrected chi connectivity index (χ0v) is 8.59. The predicted octanol–water partition coefficient (Wildman–Crippen LogP) is 0.283. The fourth-order valence-electron chi connectivity index (χ4n) is 0.950. The van der Waals surface area contributed by atoms with Crippen molar-refractivity contribution in [2.45, 2.75) is 12.8 Å². The van der Waals surface area contributed by atoms with Gasteiger partial charge in [-0.1, -0.05) is 0 Å². The van der Waals surface area contributed by atoms with E-state index >= 15 is 0 Å². The second-order valence-electron chi connectivity index (χ2n) is 2.81. The van der Waals surface area contributed by atoms with Gasteiger partial charge < -0.3 is 10.0 Å². The minimum atomic E-state index is -1.21. The van der Waals surface area contributed by atoms with Crippen molar-refractivity contribution in [3.05, 3.63) is 12.2 Å². The van der Waals surface area contributed by atoms with E-state index < -0.39 is 11.9 Å². The molecule has 0 aromatic carbocycles. The maximum Gasteiger partial charge on any atom is 0.328 e. The van der Waals surface area contributed by atoms with Gasteiger partial charge in [-0.3, -0.25) is 4.79 Å². The highest BCUT2D eigenvalue weighted by Crippen LogP contribution is 1.96. The number of carbonyl (C=O) groups is 2. The van der Waals surface area contributed by atoms with Crippen LogP contribution in [-0.4, -0.2) is 35.0 Å². The molecular weight excluding hydrogens is 210 g/mol. The van der Waals surface area contributed by atoms with Gasteiger partial charge in [0.15, 0.2) is 0 Å². The first-order valence-electron chi connectivity index (χ1n) is 4.55. The number of hydrogen-bond donors (Lipinski definition) is 1. The standard InChI is InChI=1S/C10H11N3O3/c11-5-1-7-13(8-2-6-12)9(14)3-4-10(15)16/h3-4H,1-2,7-8H2,(H,15,16)/b4-3+. The first kappa shape index (κ1) is 13.7. The molecule has 0 aliphatic carbocycles. The maximum atomic E-state index is 11.4. The lowest BCUT2D eigenvalue weighted by Crippen LogP contribution is -2.31. The minimum Gasteiger partial charge on any atom is -0.478 e. The summed E-state index contributed by atoms with van der Waals surface area (Å²) < 4.78 is 0. The van der Waals surface area contributed by atoms with E-state index in [2.05, 4.69) is 0 Å². The highest BCUT2D eigenvalue weighted by atomic mass is 16.4. The largest absolute Gasteiger partial charge is 0.478 e. The molecule has 0 aliphatic rings. The van der Waals surface area contributed by atoms with Crippen LogP contribution in [-0.2, 0) is 9.59 Å². The SMILES string of the molecule is N#CCCN(CCC#N)C(=O)/C=C/C(=O)O. The third kappa shape index (κ3) is 6.17. The summed E-state index contributed by atoms with van der Waals surface area (Å²) in [5, 5.41) is 25.1. The smallest absolute Gasteiger partial charge is 0.328 e. The highest BCUT2D eigenvalue weighted by molar-refractivity contribution is 5.93. The number of amides is 1. The van der Waals surface area contributed by atoms with Crippen LogP contribution in [0.3, 0.4) is 0 Å². The predicted molar refractivity (Wildman–Crippen MR) is 53.8 cm³/mol. The summed E-state index contributed by atoms with van der Waals surface area (Å²) in [6.45, 7) is 0.391. The van der Waals surface area contributed by atoms with E-state index in [9.17, 15) is 9.59 Å². The van der Waals surface area contributed by atoms with Gasteiger partial charge in [-0.15, -0.1) is 0 Å². The van der Waals surface area contributed by atoms with Gasteiger partial charge in [0, 0.05) is 25.2 Å². The molecule has 0 aromatic rings. The average Bonchev–Trinajstić information content (AvgIpc) is 2.26. The Balaban J connectivity index is 4.38. The van der Waals surface area contributed by atoms with Crippen LogP contribution in [0.1, 0.15) is 12.8 Å². The Morgan fingerprint density at radius 3 is 2.00 bits per heavy atom. The van der Waals surface area contributed by atoms with E-state index in [1.165, 1.54) is 4.90 Å². The molecule has 16 heavy (non-hydrogen) atoms. The molecule has 0 heterocycles. The fraction of sp³-hybridized carbons (Fsp3) is 0.400. The molecule has 0 unspecified atom stereocenters. The average molecular weight is 221 g/mol. The molecule has 0 aliphatic heterocycles. The van der Waals surface area contributed by atoms with E-state index in [1.54, 1.807) is 0 Å². The molecule has 0 fully saturated rings. The molecule has 6 heteroatoms. The van der Waals surface area contributed by atoms with Gasteiger partial charge in [-0.2, -0.15) is 10.5 Å². The summed E-state index contributed by atoms with van der Waals surface area (Å²) in [4.78, 5) is 22.9. The van der Waals surface area contributed by atoms with Crippen LogP contribution >= 0.6 is 0 Å². The van der Waals surface area contributed by atoms with Crippen LogP contribution < -0.4 is 0 Å². The number of nitrogens with zero attached hydrogens (tertiary/aromatic N) is 3. The number of carboxylic acids is 1. The van der Waals surface area contributed by atoms with Gasteiger partial charge in [0.2, 0.25) is 5.91 Å². The Labute approximate surface area is 93.0 Å². The Morgan fingerprint density at radius 1 is 1.12 bits per heavy atom. The number of rotatable bonds is 6. The summed E-state index contributed by atoms with van der Waals surface area (Å²) >= 11 is 0. The monoisotopic (exact) mass is 221 g/mol. The Hall–Kier alpha value is -2.34. The molecule has 1 N–H and O–H groups in total. The van der Waals surface area contributed by atoms with Crippen LogP contribution in [0.25, 0.3) is 0 Å². The van der Waals surface area contributed by atoms with Crippen molar-refractivity contribution >= 4 is 11.9 Å². The summed E-state index contributed by atoms with van der Waals surface area (Å²) in [6, 6.07) is 3.75. The third-order valence-electron chi connectivity index (χ3n) is 1.67. The van der Waals surface area contributed by atoms with Crippen molar-refractivity contribution in [3.63, 3.8) is 0 Å². The molecule has 0 spiro atoms. The number of aliphatic carboxylic acids is 1. The molecule has 0 bridgehead atoms. The number of nitriles is 2. The first-order chi connectivity index (χ1) is 7.61. The van der Waals surface area contributed by atoms with Crippen LogP contribution in [0.2, 0.25) is 0 Å². The lowest BCUT2D eigenvalue weighted by molar-refractivity contribution is -0.132. The fourth-order valence-corrected chi connectivity index (χ4v) is 0.950. The molecule has 0 saturated heterocycles. The highest BCUT2D eigenvalue weighted by Gasteiger charge is 2.09. The van der Waals surface area contributed by atoms with Crippen LogP contribution in [0.4, 0.5) is 0 Å².